The largest absolute Gasteiger partial charge is 0.493 e. The van der Waals surface area contributed by atoms with Gasteiger partial charge in [0.15, 0.2) is 29.6 Å². The van der Waals surface area contributed by atoms with E-state index in [0.29, 0.717) is 34.4 Å². The van der Waals surface area contributed by atoms with Crippen LogP contribution in [0.1, 0.15) is 24.5 Å². The average Bonchev–Trinajstić information content (AvgIpc) is 2.99. The minimum Gasteiger partial charge on any atom is -0.493 e. The van der Waals surface area contributed by atoms with Crippen molar-refractivity contribution in [1.29, 1.82) is 0 Å². The Morgan fingerprint density at radius 2 is 1.63 bits per heavy atom. The van der Waals surface area contributed by atoms with Crippen molar-refractivity contribution in [3.63, 3.8) is 0 Å². The number of imide groups is 2. The maximum atomic E-state index is 13.4. The number of anilines is 2. The maximum Gasteiger partial charge on any atom is 0.335 e. The van der Waals surface area contributed by atoms with Gasteiger partial charge in [-0.2, -0.15) is 0 Å². The smallest absolute Gasteiger partial charge is 0.335 e. The highest BCUT2D eigenvalue weighted by Gasteiger charge is 2.37. The van der Waals surface area contributed by atoms with Gasteiger partial charge in [-0.1, -0.05) is 30.7 Å². The van der Waals surface area contributed by atoms with Crippen molar-refractivity contribution in [3.8, 4) is 23.0 Å². The molecule has 1 saturated heterocycles. The van der Waals surface area contributed by atoms with Crippen LogP contribution in [0.15, 0.2) is 60.2 Å². The van der Waals surface area contributed by atoms with Crippen molar-refractivity contribution in [2.45, 2.75) is 20.3 Å². The number of hydrogen-bond donors (Lipinski definition) is 2. The molecule has 0 aliphatic carbocycles. The first-order valence-corrected chi connectivity index (χ1v) is 13.6. The van der Waals surface area contributed by atoms with Gasteiger partial charge in [-0.25, -0.2) is 9.69 Å². The molecule has 12 heteroatoms. The average molecular weight is 608 g/mol. The molecule has 3 aromatic rings. The molecule has 0 spiro atoms. The Bertz CT molecular complexity index is 1600. The summed E-state index contributed by atoms with van der Waals surface area (Å²) in [6.07, 6.45) is 2.11. The van der Waals surface area contributed by atoms with Crippen molar-refractivity contribution in [3.05, 3.63) is 76.3 Å². The number of benzene rings is 3. The first-order chi connectivity index (χ1) is 20.6. The van der Waals surface area contributed by atoms with Gasteiger partial charge in [0, 0.05) is 16.8 Å². The lowest BCUT2D eigenvalue weighted by Gasteiger charge is -2.27. The number of rotatable bonds is 11. The molecule has 1 aliphatic rings. The van der Waals surface area contributed by atoms with E-state index in [0.717, 1.165) is 16.9 Å². The van der Waals surface area contributed by atoms with Crippen molar-refractivity contribution >= 4 is 52.8 Å². The summed E-state index contributed by atoms with van der Waals surface area (Å²) in [7, 11) is 2.85. The molecule has 224 valence electrons. The highest BCUT2D eigenvalue weighted by molar-refractivity contribution is 6.39. The molecule has 0 atom stereocenters. The first kappa shape index (κ1) is 30.9. The van der Waals surface area contributed by atoms with Crippen LogP contribution in [0.4, 0.5) is 16.2 Å². The van der Waals surface area contributed by atoms with Crippen molar-refractivity contribution in [1.82, 2.24) is 5.32 Å². The number of ether oxygens (including phenoxy) is 4. The van der Waals surface area contributed by atoms with Crippen molar-refractivity contribution < 1.29 is 38.1 Å². The summed E-state index contributed by atoms with van der Waals surface area (Å²) in [5.74, 6) is -0.802. The topological polar surface area (TPSA) is 132 Å². The molecule has 1 heterocycles. The van der Waals surface area contributed by atoms with Gasteiger partial charge in [0.1, 0.15) is 5.57 Å². The zero-order valence-electron chi connectivity index (χ0n) is 24.0. The van der Waals surface area contributed by atoms with Gasteiger partial charge < -0.3 is 24.3 Å². The van der Waals surface area contributed by atoms with E-state index in [1.165, 1.54) is 44.6 Å². The second-order valence-electron chi connectivity index (χ2n) is 9.35. The number of halogens is 1. The summed E-state index contributed by atoms with van der Waals surface area (Å²) < 4.78 is 22.0. The summed E-state index contributed by atoms with van der Waals surface area (Å²) in [6, 6.07) is 13.5. The normalized spacial score (nSPS) is 13.9. The summed E-state index contributed by atoms with van der Waals surface area (Å²) >= 11 is 6.11. The van der Waals surface area contributed by atoms with Gasteiger partial charge in [-0.15, -0.1) is 0 Å². The highest BCUT2D eigenvalue weighted by Crippen LogP contribution is 2.34. The lowest BCUT2D eigenvalue weighted by Crippen LogP contribution is -2.54. The lowest BCUT2D eigenvalue weighted by molar-refractivity contribution is -0.122. The van der Waals surface area contributed by atoms with Gasteiger partial charge in [-0.3, -0.25) is 19.7 Å². The Morgan fingerprint density at radius 1 is 0.930 bits per heavy atom. The molecular weight excluding hydrogens is 578 g/mol. The van der Waals surface area contributed by atoms with Crippen LogP contribution in [0.25, 0.3) is 6.08 Å². The van der Waals surface area contributed by atoms with E-state index in [1.54, 1.807) is 30.3 Å². The third kappa shape index (κ3) is 7.25. The molecular formula is C31H30ClN3O8. The minimum atomic E-state index is -0.899. The molecule has 1 fully saturated rings. The summed E-state index contributed by atoms with van der Waals surface area (Å²) in [5.41, 5.74) is 1.73. The molecule has 5 amide bonds. The number of carbonyl (C=O) groups excluding carboxylic acids is 4. The summed E-state index contributed by atoms with van der Waals surface area (Å²) in [4.78, 5) is 52.0. The molecule has 0 unspecified atom stereocenters. The molecule has 0 radical (unpaired) electrons. The monoisotopic (exact) mass is 607 g/mol. The molecule has 2 N–H and O–H groups in total. The number of urea groups is 1. The molecule has 11 nitrogen and oxygen atoms in total. The summed E-state index contributed by atoms with van der Waals surface area (Å²) in [5, 5.41) is 5.42. The number of hydrogen-bond acceptors (Lipinski definition) is 8. The van der Waals surface area contributed by atoms with E-state index in [-0.39, 0.29) is 29.4 Å². The number of nitrogens with zero attached hydrogens (tertiary/aromatic N) is 1. The van der Waals surface area contributed by atoms with Gasteiger partial charge in [0.25, 0.3) is 17.7 Å². The van der Waals surface area contributed by atoms with Gasteiger partial charge in [0.2, 0.25) is 0 Å². The Hall–Kier alpha value is -5.03. The molecule has 1 aliphatic heterocycles. The van der Waals surface area contributed by atoms with Gasteiger partial charge in [-0.05, 0) is 66.9 Å². The molecule has 3 aromatic carbocycles. The molecule has 43 heavy (non-hydrogen) atoms. The van der Waals surface area contributed by atoms with Crippen LogP contribution in [-0.2, 0) is 14.4 Å². The fraction of sp³-hybridized carbons (Fsp3) is 0.226. The minimum absolute atomic E-state index is 0.189. The molecule has 0 aromatic heterocycles. The third-order valence-corrected chi connectivity index (χ3v) is 6.69. The van der Waals surface area contributed by atoms with Crippen molar-refractivity contribution in [2.75, 3.05) is 37.7 Å². The number of methoxy groups -OCH3 is 2. The van der Waals surface area contributed by atoms with Crippen LogP contribution >= 0.6 is 11.6 Å². The zero-order valence-corrected chi connectivity index (χ0v) is 24.7. The summed E-state index contributed by atoms with van der Waals surface area (Å²) in [6.45, 7) is 3.96. The number of barbiturate groups is 1. The molecule has 0 saturated carbocycles. The van der Waals surface area contributed by atoms with Crippen LogP contribution < -0.4 is 34.5 Å². The second-order valence-corrected chi connectivity index (χ2v) is 9.76. The molecule has 0 bridgehead atoms. The second kappa shape index (κ2) is 13.8. The Morgan fingerprint density at radius 3 is 2.33 bits per heavy atom. The van der Waals surface area contributed by atoms with Crippen molar-refractivity contribution in [2.24, 2.45) is 0 Å². The van der Waals surface area contributed by atoms with Crippen LogP contribution in [0.5, 0.6) is 23.0 Å². The Labute approximate surface area is 253 Å². The van der Waals surface area contributed by atoms with Crippen LogP contribution in [0.2, 0.25) is 5.02 Å². The third-order valence-electron chi connectivity index (χ3n) is 6.28. The van der Waals surface area contributed by atoms with E-state index in [9.17, 15) is 19.2 Å². The fourth-order valence-electron chi connectivity index (χ4n) is 4.09. The highest BCUT2D eigenvalue weighted by atomic mass is 35.5. The van der Waals surface area contributed by atoms with Gasteiger partial charge >= 0.3 is 6.03 Å². The first-order valence-electron chi connectivity index (χ1n) is 13.2. The van der Waals surface area contributed by atoms with Gasteiger partial charge in [0.05, 0.1) is 26.5 Å². The van der Waals surface area contributed by atoms with E-state index in [2.05, 4.69) is 10.6 Å². The van der Waals surface area contributed by atoms with E-state index in [1.807, 2.05) is 13.8 Å². The number of amides is 5. The van der Waals surface area contributed by atoms with Crippen LogP contribution in [-0.4, -0.2) is 51.2 Å². The molecule has 4 rings (SSSR count). The van der Waals surface area contributed by atoms with Crippen LogP contribution in [0, 0.1) is 6.92 Å². The predicted octanol–water partition coefficient (Wildman–Crippen LogP) is 5.14. The Balaban J connectivity index is 1.51. The number of aryl methyl sites for hydroxylation is 1. The quantitative estimate of drug-likeness (QED) is 0.226. The fourth-order valence-corrected chi connectivity index (χ4v) is 4.27. The van der Waals surface area contributed by atoms with E-state index >= 15 is 0 Å². The lowest BCUT2D eigenvalue weighted by atomic mass is 10.1. The van der Waals surface area contributed by atoms with E-state index < -0.39 is 23.8 Å². The Kier molecular flexibility index (Phi) is 9.89. The number of nitrogens with one attached hydrogen (secondary N) is 2. The maximum absolute atomic E-state index is 13.4. The zero-order chi connectivity index (χ0) is 31.1. The van der Waals surface area contributed by atoms with E-state index in [4.69, 9.17) is 30.5 Å². The SMILES string of the molecule is CCCOc1ccc(N2C(=O)NC(=O)/C(=C/c3ccc(OCC(=O)Nc4ccc(C)c(Cl)c4)c(OC)c3)C2=O)cc1OC. The standard InChI is InChI=1S/C31H30ClN3O8/c1-5-12-42-24-11-9-21(16-27(24)41-4)35-30(38)22(29(37)34-31(35)39)13-19-7-10-25(26(14-19)40-3)43-17-28(36)33-20-8-6-18(2)23(32)15-20/h6-11,13-16H,5,12,17H2,1-4H3,(H,33,36)(H,34,37,39)/b22-13-. The number of carbonyl (C=O) groups is 4. The van der Waals surface area contributed by atoms with Crippen LogP contribution in [0.3, 0.4) is 0 Å². The predicted molar refractivity (Wildman–Crippen MR) is 161 cm³/mol.